The maximum atomic E-state index is 11.4. The van der Waals surface area contributed by atoms with Gasteiger partial charge in [-0.25, -0.2) is 8.42 Å². The Kier molecular flexibility index (Phi) is 24.4. The van der Waals surface area contributed by atoms with E-state index in [1.165, 1.54) is 51.4 Å². The summed E-state index contributed by atoms with van der Waals surface area (Å²) in [6, 6.07) is 0. The van der Waals surface area contributed by atoms with Crippen molar-refractivity contribution < 1.29 is 47.6 Å². The van der Waals surface area contributed by atoms with Gasteiger partial charge in [0.15, 0.2) is 0 Å². The number of aliphatic hydroxyl groups is 1. The van der Waals surface area contributed by atoms with E-state index in [-0.39, 0.29) is 35.7 Å². The van der Waals surface area contributed by atoms with E-state index in [9.17, 15) is 18.1 Å². The summed E-state index contributed by atoms with van der Waals surface area (Å²) in [5.74, 6) is 0. The molecule has 0 heterocycles. The second kappa shape index (κ2) is 22.1. The van der Waals surface area contributed by atoms with Crippen LogP contribution >= 0.6 is 0 Å². The Morgan fingerprint density at radius 1 is 0.621 bits per heavy atom. The Morgan fingerprint density at radius 2 is 0.931 bits per heavy atom. The zero-order chi connectivity index (χ0) is 21.1. The van der Waals surface area contributed by atoms with Crippen LogP contribution in [0.4, 0.5) is 0 Å². The van der Waals surface area contributed by atoms with Gasteiger partial charge in [-0.2, -0.15) is 0 Å². The summed E-state index contributed by atoms with van der Waals surface area (Å²) in [6.45, 7) is 4.35. The Labute approximate surface area is 204 Å². The third-order valence-corrected chi connectivity index (χ3v) is 7.03. The molecule has 0 fully saturated rings. The first kappa shape index (κ1) is 32.1. The fourth-order valence-corrected chi connectivity index (χ4v) is 4.73. The van der Waals surface area contributed by atoms with Crippen LogP contribution in [0.5, 0.6) is 0 Å². The maximum absolute atomic E-state index is 11.4. The van der Waals surface area contributed by atoms with Crippen molar-refractivity contribution in [3.8, 4) is 0 Å². The Bertz CT molecular complexity index is 429. The van der Waals surface area contributed by atoms with Crippen molar-refractivity contribution in [3.63, 3.8) is 0 Å². The van der Waals surface area contributed by atoms with Gasteiger partial charge in [-0.1, -0.05) is 110 Å². The van der Waals surface area contributed by atoms with Crippen LogP contribution in [-0.4, -0.2) is 29.4 Å². The summed E-state index contributed by atoms with van der Waals surface area (Å²) in [5.41, 5.74) is 0. The zero-order valence-electron chi connectivity index (χ0n) is 19.7. The van der Waals surface area contributed by atoms with Crippen LogP contribution in [0.2, 0.25) is 0 Å². The van der Waals surface area contributed by atoms with Crippen molar-refractivity contribution in [2.45, 2.75) is 147 Å². The van der Waals surface area contributed by atoms with Gasteiger partial charge in [-0.05, 0) is 25.7 Å². The first-order chi connectivity index (χ1) is 13.4. The molecule has 4 nitrogen and oxygen atoms in total. The van der Waals surface area contributed by atoms with Crippen LogP contribution < -0.4 is 29.6 Å². The number of rotatable bonds is 21. The first-order valence-electron chi connectivity index (χ1n) is 12.0. The van der Waals surface area contributed by atoms with Gasteiger partial charge in [0.05, 0.1) is 16.2 Å². The molecule has 0 radical (unpaired) electrons. The van der Waals surface area contributed by atoms with Gasteiger partial charge in [0.2, 0.25) is 0 Å². The molecule has 0 aliphatic rings. The van der Waals surface area contributed by atoms with E-state index < -0.39 is 15.4 Å². The predicted octanol–water partition coefficient (Wildman–Crippen LogP) is 3.72. The molecule has 170 valence electrons. The van der Waals surface area contributed by atoms with Gasteiger partial charge >= 0.3 is 29.6 Å². The molecule has 0 bridgehead atoms. The molecule has 0 spiro atoms. The number of aliphatic hydroxyl groups excluding tert-OH is 1. The Hall–Kier alpha value is 0.870. The van der Waals surface area contributed by atoms with Crippen molar-refractivity contribution in [1.29, 1.82) is 0 Å². The third kappa shape index (κ3) is 21.9. The van der Waals surface area contributed by atoms with Crippen LogP contribution in [0.25, 0.3) is 0 Å². The molecule has 0 amide bonds. The summed E-state index contributed by atoms with van der Waals surface area (Å²) >= 11 is 0. The fourth-order valence-electron chi connectivity index (χ4n) is 3.82. The standard InChI is InChI=1S/C23H48O4S.Na/c1-3-5-7-9-10-11-12-13-14-18-22(24)19-16-17-21-23(28(25,26)27)20-15-8-6-4-2;/h22-24H,3-21H2,1-2H3,(H,25,26,27);/q;+1/p-1. The maximum Gasteiger partial charge on any atom is 1.00 e. The van der Waals surface area contributed by atoms with Crippen LogP contribution in [0.15, 0.2) is 0 Å². The van der Waals surface area contributed by atoms with E-state index in [0.717, 1.165) is 51.4 Å². The minimum absolute atomic E-state index is 0. The molecular weight excluding hydrogens is 395 g/mol. The van der Waals surface area contributed by atoms with E-state index in [2.05, 4.69) is 13.8 Å². The van der Waals surface area contributed by atoms with E-state index in [4.69, 9.17) is 0 Å². The fraction of sp³-hybridized carbons (Fsp3) is 1.00. The van der Waals surface area contributed by atoms with Gasteiger partial charge in [0.25, 0.3) is 0 Å². The van der Waals surface area contributed by atoms with Crippen molar-refractivity contribution in [1.82, 2.24) is 0 Å². The van der Waals surface area contributed by atoms with Crippen LogP contribution in [0.3, 0.4) is 0 Å². The SMILES string of the molecule is CCCCCCCCCCCC(O)CCCCC(CCCCCC)S(=O)(=O)[O-].[Na+]. The van der Waals surface area contributed by atoms with Crippen LogP contribution in [-0.2, 0) is 10.1 Å². The summed E-state index contributed by atoms with van der Waals surface area (Å²) in [6.07, 6.45) is 19.3. The molecule has 29 heavy (non-hydrogen) atoms. The minimum Gasteiger partial charge on any atom is -0.748 e. The molecule has 0 rings (SSSR count). The van der Waals surface area contributed by atoms with Crippen molar-refractivity contribution in [3.05, 3.63) is 0 Å². The van der Waals surface area contributed by atoms with E-state index >= 15 is 0 Å². The van der Waals surface area contributed by atoms with Crippen molar-refractivity contribution >= 4 is 10.1 Å². The number of hydrogen-bond donors (Lipinski definition) is 1. The largest absolute Gasteiger partial charge is 1.00 e. The van der Waals surface area contributed by atoms with Gasteiger partial charge < -0.3 is 9.66 Å². The molecule has 6 heteroatoms. The summed E-state index contributed by atoms with van der Waals surface area (Å²) < 4.78 is 34.3. The molecule has 2 unspecified atom stereocenters. The van der Waals surface area contributed by atoms with Crippen LogP contribution in [0, 0.1) is 0 Å². The molecule has 0 aromatic rings. The smallest absolute Gasteiger partial charge is 0.748 e. The third-order valence-electron chi connectivity index (χ3n) is 5.74. The monoisotopic (exact) mass is 442 g/mol. The summed E-state index contributed by atoms with van der Waals surface area (Å²) in [5, 5.41) is 9.36. The molecule has 0 saturated carbocycles. The average Bonchev–Trinajstić information content (AvgIpc) is 2.64. The molecule has 0 saturated heterocycles. The van der Waals surface area contributed by atoms with E-state index in [0.29, 0.717) is 19.3 Å². The predicted molar refractivity (Wildman–Crippen MR) is 119 cm³/mol. The average molecular weight is 443 g/mol. The summed E-state index contributed by atoms with van der Waals surface area (Å²) in [4.78, 5) is 0. The van der Waals surface area contributed by atoms with Crippen molar-refractivity contribution in [2.75, 3.05) is 0 Å². The van der Waals surface area contributed by atoms with Gasteiger partial charge in [0, 0.05) is 5.25 Å². The summed E-state index contributed by atoms with van der Waals surface area (Å²) in [7, 11) is -4.20. The van der Waals surface area contributed by atoms with Crippen LogP contribution in [0.1, 0.15) is 136 Å². The molecule has 0 aliphatic heterocycles. The van der Waals surface area contributed by atoms with E-state index in [1.807, 2.05) is 0 Å². The zero-order valence-corrected chi connectivity index (χ0v) is 22.5. The molecular formula is C23H47NaO4S. The molecule has 0 aliphatic carbocycles. The van der Waals surface area contributed by atoms with Gasteiger partial charge in [-0.3, -0.25) is 0 Å². The quantitative estimate of drug-likeness (QED) is 0.167. The topological polar surface area (TPSA) is 77.4 Å². The second-order valence-electron chi connectivity index (χ2n) is 8.52. The second-order valence-corrected chi connectivity index (χ2v) is 10.2. The van der Waals surface area contributed by atoms with Gasteiger partial charge in [-0.15, -0.1) is 0 Å². The molecule has 1 N–H and O–H groups in total. The number of unbranched alkanes of at least 4 members (excludes halogenated alkanes) is 12. The first-order valence-corrected chi connectivity index (χ1v) is 13.5. The molecule has 2 atom stereocenters. The molecule has 0 aromatic heterocycles. The van der Waals surface area contributed by atoms with Gasteiger partial charge in [0.1, 0.15) is 0 Å². The number of hydrogen-bond acceptors (Lipinski definition) is 4. The Balaban J connectivity index is 0. The van der Waals surface area contributed by atoms with Crippen molar-refractivity contribution in [2.24, 2.45) is 0 Å². The Morgan fingerprint density at radius 3 is 1.38 bits per heavy atom. The minimum atomic E-state index is -4.20. The molecule has 0 aromatic carbocycles. The normalized spacial score (nSPS) is 13.8. The van der Waals surface area contributed by atoms with E-state index in [1.54, 1.807) is 0 Å².